The minimum atomic E-state index is 0.339. The third-order valence-corrected chi connectivity index (χ3v) is 4.43. The fraction of sp³-hybridized carbons (Fsp3) is 0.357. The fourth-order valence-electron chi connectivity index (χ4n) is 1.78. The first-order valence-electron chi connectivity index (χ1n) is 6.12. The number of benzene rings is 1. The van der Waals surface area contributed by atoms with E-state index in [0.29, 0.717) is 11.1 Å². The molecule has 0 aliphatic rings. The third-order valence-electron chi connectivity index (χ3n) is 2.83. The summed E-state index contributed by atoms with van der Waals surface area (Å²) < 4.78 is 5.15. The molecule has 3 nitrogen and oxygen atoms in total. The number of H-pyrrole nitrogens is 1. The fourth-order valence-corrected chi connectivity index (χ4v) is 3.30. The number of thioether (sulfide) groups is 1. The Labute approximate surface area is 122 Å². The smallest absolute Gasteiger partial charge is 0.118 e. The Hall–Kier alpha value is -1.13. The topological polar surface area (TPSA) is 37.9 Å². The molecular weight excluding hydrogens is 280 g/mol. The van der Waals surface area contributed by atoms with E-state index in [2.05, 4.69) is 22.1 Å². The van der Waals surface area contributed by atoms with Gasteiger partial charge in [0.1, 0.15) is 5.75 Å². The Morgan fingerprint density at radius 1 is 1.37 bits per heavy atom. The SMILES string of the molecule is COc1ccc(CSC(CCCl)c2c[nH]cn2)cc1. The van der Waals surface area contributed by atoms with Crippen LogP contribution < -0.4 is 4.74 Å². The molecule has 0 aliphatic carbocycles. The molecule has 1 atom stereocenters. The summed E-state index contributed by atoms with van der Waals surface area (Å²) in [6.45, 7) is 0. The van der Waals surface area contributed by atoms with Gasteiger partial charge in [-0.1, -0.05) is 12.1 Å². The van der Waals surface area contributed by atoms with Crippen molar-refractivity contribution < 1.29 is 4.74 Å². The molecule has 0 saturated carbocycles. The van der Waals surface area contributed by atoms with Gasteiger partial charge in [0.15, 0.2) is 0 Å². The van der Waals surface area contributed by atoms with E-state index in [4.69, 9.17) is 16.3 Å². The van der Waals surface area contributed by atoms with E-state index in [1.54, 1.807) is 13.4 Å². The van der Waals surface area contributed by atoms with E-state index in [9.17, 15) is 0 Å². The number of imidazole rings is 1. The predicted molar refractivity (Wildman–Crippen MR) is 81.0 cm³/mol. The molecule has 0 aliphatic heterocycles. The van der Waals surface area contributed by atoms with E-state index >= 15 is 0 Å². The summed E-state index contributed by atoms with van der Waals surface area (Å²) in [5.74, 6) is 2.48. The van der Waals surface area contributed by atoms with Crippen LogP contribution in [-0.2, 0) is 5.75 Å². The van der Waals surface area contributed by atoms with Gasteiger partial charge in [0, 0.05) is 23.1 Å². The van der Waals surface area contributed by atoms with Crippen LogP contribution in [0.5, 0.6) is 5.75 Å². The average Bonchev–Trinajstić information content (AvgIpc) is 2.98. The van der Waals surface area contributed by atoms with Crippen molar-refractivity contribution in [3.8, 4) is 5.75 Å². The number of aromatic amines is 1. The van der Waals surface area contributed by atoms with Crippen LogP contribution in [0.1, 0.15) is 22.9 Å². The number of methoxy groups -OCH3 is 1. The van der Waals surface area contributed by atoms with Gasteiger partial charge < -0.3 is 9.72 Å². The van der Waals surface area contributed by atoms with Crippen LogP contribution in [0.15, 0.2) is 36.8 Å². The number of hydrogen-bond acceptors (Lipinski definition) is 3. The Kier molecular flexibility index (Phi) is 5.61. The molecule has 5 heteroatoms. The number of rotatable bonds is 7. The molecule has 102 valence electrons. The lowest BCUT2D eigenvalue weighted by Crippen LogP contribution is -1.97. The molecule has 0 saturated heterocycles. The molecule has 1 N–H and O–H groups in total. The molecular formula is C14H17ClN2OS. The van der Waals surface area contributed by atoms with E-state index in [0.717, 1.165) is 23.6 Å². The van der Waals surface area contributed by atoms with Crippen LogP contribution in [0.25, 0.3) is 0 Å². The highest BCUT2D eigenvalue weighted by Crippen LogP contribution is 2.33. The quantitative estimate of drug-likeness (QED) is 0.784. The number of aromatic nitrogens is 2. The number of halogens is 1. The summed E-state index contributed by atoms with van der Waals surface area (Å²) in [5, 5.41) is 0.339. The van der Waals surface area contributed by atoms with Crippen LogP contribution >= 0.6 is 23.4 Å². The molecule has 2 rings (SSSR count). The Morgan fingerprint density at radius 3 is 2.74 bits per heavy atom. The van der Waals surface area contributed by atoms with Crippen molar-refractivity contribution in [1.29, 1.82) is 0 Å². The molecule has 1 unspecified atom stereocenters. The Bertz CT molecular complexity index is 473. The molecule has 0 fully saturated rings. The number of alkyl halides is 1. The largest absolute Gasteiger partial charge is 0.497 e. The van der Waals surface area contributed by atoms with Crippen molar-refractivity contribution in [2.75, 3.05) is 13.0 Å². The zero-order valence-electron chi connectivity index (χ0n) is 10.8. The molecule has 0 radical (unpaired) electrons. The van der Waals surface area contributed by atoms with E-state index in [1.165, 1.54) is 5.56 Å². The lowest BCUT2D eigenvalue weighted by Gasteiger charge is -2.13. The second-order valence-electron chi connectivity index (χ2n) is 4.12. The van der Waals surface area contributed by atoms with Gasteiger partial charge in [-0.2, -0.15) is 0 Å². The molecule has 1 heterocycles. The molecule has 0 bridgehead atoms. The minimum Gasteiger partial charge on any atom is -0.497 e. The van der Waals surface area contributed by atoms with Gasteiger partial charge >= 0.3 is 0 Å². The lowest BCUT2D eigenvalue weighted by molar-refractivity contribution is 0.414. The van der Waals surface area contributed by atoms with Gasteiger partial charge in [-0.3, -0.25) is 0 Å². The van der Waals surface area contributed by atoms with E-state index < -0.39 is 0 Å². The molecule has 2 aromatic rings. The molecule has 0 amide bonds. The second kappa shape index (κ2) is 7.46. The third kappa shape index (κ3) is 4.18. The maximum atomic E-state index is 5.87. The number of ether oxygens (including phenoxy) is 1. The highest BCUT2D eigenvalue weighted by atomic mass is 35.5. The van der Waals surface area contributed by atoms with Crippen molar-refractivity contribution in [2.45, 2.75) is 17.4 Å². The highest BCUT2D eigenvalue weighted by molar-refractivity contribution is 7.98. The van der Waals surface area contributed by atoms with Crippen molar-refractivity contribution in [2.24, 2.45) is 0 Å². The van der Waals surface area contributed by atoms with Crippen LogP contribution in [0.4, 0.5) is 0 Å². The zero-order chi connectivity index (χ0) is 13.5. The van der Waals surface area contributed by atoms with Crippen molar-refractivity contribution in [3.63, 3.8) is 0 Å². The summed E-state index contributed by atoms with van der Waals surface area (Å²) in [7, 11) is 1.68. The first kappa shape index (κ1) is 14.3. The number of hydrogen-bond donors (Lipinski definition) is 1. The predicted octanol–water partition coefficient (Wildman–Crippen LogP) is 4.02. The maximum Gasteiger partial charge on any atom is 0.118 e. The number of nitrogens with one attached hydrogen (secondary N) is 1. The Balaban J connectivity index is 1.94. The highest BCUT2D eigenvalue weighted by Gasteiger charge is 2.13. The van der Waals surface area contributed by atoms with Crippen molar-refractivity contribution in [1.82, 2.24) is 9.97 Å². The molecule has 0 spiro atoms. The second-order valence-corrected chi connectivity index (χ2v) is 5.69. The van der Waals surface area contributed by atoms with Gasteiger partial charge in [-0.15, -0.1) is 23.4 Å². The molecule has 19 heavy (non-hydrogen) atoms. The first-order chi connectivity index (χ1) is 9.33. The first-order valence-corrected chi connectivity index (χ1v) is 7.71. The molecule has 1 aromatic carbocycles. The number of nitrogens with zero attached hydrogens (tertiary/aromatic N) is 1. The van der Waals surface area contributed by atoms with E-state index in [-0.39, 0.29) is 0 Å². The van der Waals surface area contributed by atoms with Crippen LogP contribution in [-0.4, -0.2) is 23.0 Å². The van der Waals surface area contributed by atoms with Gasteiger partial charge in [0.05, 0.1) is 19.1 Å². The minimum absolute atomic E-state index is 0.339. The summed E-state index contributed by atoms with van der Waals surface area (Å²) in [5.41, 5.74) is 2.35. The van der Waals surface area contributed by atoms with Gasteiger partial charge in [0.25, 0.3) is 0 Å². The van der Waals surface area contributed by atoms with Crippen LogP contribution in [0.3, 0.4) is 0 Å². The lowest BCUT2D eigenvalue weighted by atomic mass is 10.2. The Morgan fingerprint density at radius 2 is 2.16 bits per heavy atom. The molecule has 1 aromatic heterocycles. The van der Waals surface area contributed by atoms with Crippen LogP contribution in [0.2, 0.25) is 0 Å². The van der Waals surface area contributed by atoms with E-state index in [1.807, 2.05) is 30.1 Å². The normalized spacial score (nSPS) is 12.3. The van der Waals surface area contributed by atoms with Crippen molar-refractivity contribution in [3.05, 3.63) is 48.0 Å². The summed E-state index contributed by atoms with van der Waals surface area (Å²) in [6.07, 6.45) is 4.58. The van der Waals surface area contributed by atoms with Crippen molar-refractivity contribution >= 4 is 23.4 Å². The summed E-state index contributed by atoms with van der Waals surface area (Å²) in [4.78, 5) is 7.32. The zero-order valence-corrected chi connectivity index (χ0v) is 12.4. The monoisotopic (exact) mass is 296 g/mol. The standard InChI is InChI=1S/C14H17ClN2OS/c1-18-12-4-2-11(3-5-12)9-19-14(6-7-15)13-8-16-10-17-13/h2-5,8,10,14H,6-7,9H2,1H3,(H,16,17). The summed E-state index contributed by atoms with van der Waals surface area (Å²) >= 11 is 7.73. The van der Waals surface area contributed by atoms with Gasteiger partial charge in [0.2, 0.25) is 0 Å². The van der Waals surface area contributed by atoms with Gasteiger partial charge in [-0.25, -0.2) is 4.98 Å². The average molecular weight is 297 g/mol. The summed E-state index contributed by atoms with van der Waals surface area (Å²) in [6, 6.07) is 8.16. The van der Waals surface area contributed by atoms with Crippen LogP contribution in [0, 0.1) is 0 Å². The van der Waals surface area contributed by atoms with Gasteiger partial charge in [-0.05, 0) is 24.1 Å². The maximum absolute atomic E-state index is 5.87.